The fraction of sp³-hybridized carbons (Fsp3) is 0.846. The van der Waals surface area contributed by atoms with E-state index >= 15 is 0 Å². The predicted molar refractivity (Wildman–Crippen MR) is 72.6 cm³/mol. The molecule has 1 fully saturated rings. The van der Waals surface area contributed by atoms with Gasteiger partial charge in [0.25, 0.3) is 0 Å². The number of nitrogens with two attached hydrogens (primary N) is 1. The van der Waals surface area contributed by atoms with Crippen molar-refractivity contribution in [3.05, 3.63) is 0 Å². The maximum absolute atomic E-state index is 11.8. The van der Waals surface area contributed by atoms with E-state index in [2.05, 4.69) is 10.6 Å². The van der Waals surface area contributed by atoms with Gasteiger partial charge < -0.3 is 21.1 Å². The van der Waals surface area contributed by atoms with Gasteiger partial charge in [-0.2, -0.15) is 0 Å². The van der Waals surface area contributed by atoms with Crippen LogP contribution < -0.4 is 16.4 Å². The average Bonchev–Trinajstić information content (AvgIpc) is 2.29. The summed E-state index contributed by atoms with van der Waals surface area (Å²) in [6.45, 7) is 5.43. The lowest BCUT2D eigenvalue weighted by atomic mass is 9.90. The molecule has 0 aliphatic heterocycles. The van der Waals surface area contributed by atoms with E-state index in [1.807, 2.05) is 20.8 Å². The molecule has 0 spiro atoms. The molecule has 1 rings (SSSR count). The summed E-state index contributed by atoms with van der Waals surface area (Å²) in [6.07, 6.45) is 3.34. The molecule has 0 bridgehead atoms. The standard InChI is InChI=1S/C13H25N3O3/c1-13(2,3)19-12(18)16-10-7-5-4-6-9(10)15-11(17)8-14/h9-10H,4-8,14H2,1-3H3,(H,15,17)(H,16,18). The third-order valence-corrected chi connectivity index (χ3v) is 3.00. The number of ether oxygens (including phenoxy) is 1. The van der Waals surface area contributed by atoms with E-state index in [1.165, 1.54) is 0 Å². The Morgan fingerprint density at radius 2 is 1.68 bits per heavy atom. The lowest BCUT2D eigenvalue weighted by Crippen LogP contribution is -2.54. The van der Waals surface area contributed by atoms with Crippen molar-refractivity contribution in [2.45, 2.75) is 64.1 Å². The van der Waals surface area contributed by atoms with Crippen molar-refractivity contribution >= 4 is 12.0 Å². The molecule has 19 heavy (non-hydrogen) atoms. The first kappa shape index (κ1) is 15.8. The highest BCUT2D eigenvalue weighted by molar-refractivity contribution is 5.78. The number of hydrogen-bond acceptors (Lipinski definition) is 4. The molecule has 1 aliphatic rings. The van der Waals surface area contributed by atoms with Gasteiger partial charge in [-0.3, -0.25) is 4.79 Å². The zero-order valence-corrected chi connectivity index (χ0v) is 12.0. The number of amides is 2. The van der Waals surface area contributed by atoms with E-state index in [9.17, 15) is 9.59 Å². The van der Waals surface area contributed by atoms with Gasteiger partial charge in [-0.1, -0.05) is 12.8 Å². The quantitative estimate of drug-likeness (QED) is 0.711. The minimum Gasteiger partial charge on any atom is -0.444 e. The molecule has 4 N–H and O–H groups in total. The number of rotatable bonds is 3. The summed E-state index contributed by atoms with van der Waals surface area (Å²) in [5, 5.41) is 5.69. The zero-order valence-electron chi connectivity index (χ0n) is 12.0. The minimum absolute atomic E-state index is 0.0321. The Morgan fingerprint density at radius 3 is 2.16 bits per heavy atom. The molecule has 0 aromatic rings. The van der Waals surface area contributed by atoms with Gasteiger partial charge in [0.05, 0.1) is 12.6 Å². The molecule has 2 amide bonds. The first-order valence-electron chi connectivity index (χ1n) is 6.81. The number of nitrogens with one attached hydrogen (secondary N) is 2. The highest BCUT2D eigenvalue weighted by atomic mass is 16.6. The number of alkyl carbamates (subject to hydrolysis) is 1. The Hall–Kier alpha value is -1.30. The monoisotopic (exact) mass is 271 g/mol. The normalized spacial score (nSPS) is 23.6. The number of carbonyl (C=O) groups excluding carboxylic acids is 2. The van der Waals surface area contributed by atoms with Gasteiger partial charge in [-0.25, -0.2) is 4.79 Å². The average molecular weight is 271 g/mol. The third kappa shape index (κ3) is 5.92. The Labute approximate surface area is 114 Å². The molecule has 0 aromatic heterocycles. The fourth-order valence-corrected chi connectivity index (χ4v) is 2.20. The lowest BCUT2D eigenvalue weighted by Gasteiger charge is -2.33. The van der Waals surface area contributed by atoms with E-state index in [0.717, 1.165) is 25.7 Å². The maximum atomic E-state index is 11.8. The van der Waals surface area contributed by atoms with Crippen LogP contribution in [0.2, 0.25) is 0 Å². The van der Waals surface area contributed by atoms with Crippen molar-refractivity contribution in [1.29, 1.82) is 0 Å². The Kier molecular flexibility index (Phi) is 5.60. The Bertz CT molecular complexity index is 326. The van der Waals surface area contributed by atoms with E-state index in [4.69, 9.17) is 10.5 Å². The van der Waals surface area contributed by atoms with Crippen molar-refractivity contribution in [2.75, 3.05) is 6.54 Å². The van der Waals surface area contributed by atoms with E-state index in [0.29, 0.717) is 0 Å². The van der Waals surface area contributed by atoms with Crippen LogP contribution in [0.25, 0.3) is 0 Å². The van der Waals surface area contributed by atoms with Crippen molar-refractivity contribution in [3.63, 3.8) is 0 Å². The molecule has 1 aliphatic carbocycles. The van der Waals surface area contributed by atoms with Gasteiger partial charge in [-0.15, -0.1) is 0 Å². The second-order valence-electron chi connectivity index (χ2n) is 5.92. The molecule has 6 heteroatoms. The fourth-order valence-electron chi connectivity index (χ4n) is 2.20. The van der Waals surface area contributed by atoms with Crippen LogP contribution in [0.15, 0.2) is 0 Å². The van der Waals surface area contributed by atoms with Crippen LogP contribution in [-0.4, -0.2) is 36.2 Å². The van der Waals surface area contributed by atoms with Crippen molar-refractivity contribution in [2.24, 2.45) is 5.73 Å². The summed E-state index contributed by atoms with van der Waals surface area (Å²) in [4.78, 5) is 23.1. The van der Waals surface area contributed by atoms with Gasteiger partial charge in [0.2, 0.25) is 5.91 Å². The van der Waals surface area contributed by atoms with Gasteiger partial charge >= 0.3 is 6.09 Å². The van der Waals surface area contributed by atoms with Crippen LogP contribution in [-0.2, 0) is 9.53 Å². The molecular formula is C13H25N3O3. The molecule has 1 saturated carbocycles. The van der Waals surface area contributed by atoms with Gasteiger partial charge in [0, 0.05) is 6.04 Å². The van der Waals surface area contributed by atoms with Gasteiger partial charge in [-0.05, 0) is 33.6 Å². The van der Waals surface area contributed by atoms with Gasteiger partial charge in [0.15, 0.2) is 0 Å². The van der Waals surface area contributed by atoms with Crippen molar-refractivity contribution in [1.82, 2.24) is 10.6 Å². The highest BCUT2D eigenvalue weighted by Gasteiger charge is 2.29. The minimum atomic E-state index is -0.519. The molecule has 0 heterocycles. The Morgan fingerprint density at radius 1 is 1.16 bits per heavy atom. The van der Waals surface area contributed by atoms with E-state index in [-0.39, 0.29) is 24.5 Å². The van der Waals surface area contributed by atoms with Crippen molar-refractivity contribution in [3.8, 4) is 0 Å². The molecule has 6 nitrogen and oxygen atoms in total. The summed E-state index contributed by atoms with van der Waals surface area (Å²) in [5.74, 6) is -0.192. The van der Waals surface area contributed by atoms with E-state index < -0.39 is 11.7 Å². The molecule has 0 radical (unpaired) electrons. The zero-order chi connectivity index (χ0) is 14.5. The molecular weight excluding hydrogens is 246 g/mol. The largest absolute Gasteiger partial charge is 0.444 e. The van der Waals surface area contributed by atoms with Crippen LogP contribution in [0.5, 0.6) is 0 Å². The summed E-state index contributed by atoms with van der Waals surface area (Å²) < 4.78 is 5.23. The van der Waals surface area contributed by atoms with Crippen LogP contribution in [0, 0.1) is 0 Å². The van der Waals surface area contributed by atoms with Crippen LogP contribution >= 0.6 is 0 Å². The van der Waals surface area contributed by atoms with Gasteiger partial charge in [0.1, 0.15) is 5.60 Å². The number of carbonyl (C=O) groups is 2. The van der Waals surface area contributed by atoms with Crippen LogP contribution in [0.1, 0.15) is 46.5 Å². The second kappa shape index (κ2) is 6.75. The molecule has 2 atom stereocenters. The highest BCUT2D eigenvalue weighted by Crippen LogP contribution is 2.19. The first-order chi connectivity index (χ1) is 8.81. The summed E-state index contributed by atoms with van der Waals surface area (Å²) in [6, 6.07) is -0.142. The Balaban J connectivity index is 2.52. The second-order valence-corrected chi connectivity index (χ2v) is 5.92. The summed E-state index contributed by atoms with van der Waals surface area (Å²) >= 11 is 0. The number of hydrogen-bond donors (Lipinski definition) is 3. The molecule has 110 valence electrons. The van der Waals surface area contributed by atoms with Crippen LogP contribution in [0.3, 0.4) is 0 Å². The topological polar surface area (TPSA) is 93.5 Å². The molecule has 0 saturated heterocycles. The maximum Gasteiger partial charge on any atom is 0.407 e. The summed E-state index contributed by atoms with van der Waals surface area (Å²) in [5.41, 5.74) is 4.78. The molecule has 2 unspecified atom stereocenters. The first-order valence-corrected chi connectivity index (χ1v) is 6.81. The smallest absolute Gasteiger partial charge is 0.407 e. The lowest BCUT2D eigenvalue weighted by molar-refractivity contribution is -0.120. The third-order valence-electron chi connectivity index (χ3n) is 3.00. The molecule has 0 aromatic carbocycles. The van der Waals surface area contributed by atoms with Crippen molar-refractivity contribution < 1.29 is 14.3 Å². The predicted octanol–water partition coefficient (Wildman–Crippen LogP) is 0.897. The SMILES string of the molecule is CC(C)(C)OC(=O)NC1CCCCC1NC(=O)CN. The van der Waals surface area contributed by atoms with E-state index in [1.54, 1.807) is 0 Å². The van der Waals surface area contributed by atoms with Crippen LogP contribution in [0.4, 0.5) is 4.79 Å². The summed E-state index contributed by atoms with van der Waals surface area (Å²) in [7, 11) is 0.